The molecule has 4 rings (SSSR count). The number of carbonyl (C=O) groups excluding carboxylic acids is 2. The fourth-order valence-corrected chi connectivity index (χ4v) is 3.77. The molecule has 0 radical (unpaired) electrons. The Balaban J connectivity index is 1.66. The SMILES string of the molecule is COc1ccc(OC)c2c1C(=O)C=C(NC1Cc3ccccc3C1)C2=O. The standard InChI is InChI=1S/C21H19NO4/c1-25-17-7-8-18(26-2)20-19(17)16(23)11-15(21(20)24)22-14-9-12-5-3-4-6-13(12)10-14/h3-8,11,14,22H,9-10H2,1-2H3. The Morgan fingerprint density at radius 2 is 1.46 bits per heavy atom. The minimum atomic E-state index is -0.256. The maximum absolute atomic E-state index is 13.1. The van der Waals surface area contributed by atoms with Gasteiger partial charge in [-0.1, -0.05) is 24.3 Å². The lowest BCUT2D eigenvalue weighted by Gasteiger charge is -2.22. The van der Waals surface area contributed by atoms with E-state index in [2.05, 4.69) is 17.4 Å². The van der Waals surface area contributed by atoms with E-state index < -0.39 is 0 Å². The summed E-state index contributed by atoms with van der Waals surface area (Å²) in [6.07, 6.45) is 3.03. The first-order valence-electron chi connectivity index (χ1n) is 8.51. The predicted molar refractivity (Wildman–Crippen MR) is 97.1 cm³/mol. The summed E-state index contributed by atoms with van der Waals surface area (Å²) < 4.78 is 10.6. The maximum atomic E-state index is 13.1. The maximum Gasteiger partial charge on any atom is 0.213 e. The Morgan fingerprint density at radius 1 is 0.885 bits per heavy atom. The molecule has 5 nitrogen and oxygen atoms in total. The fourth-order valence-electron chi connectivity index (χ4n) is 3.77. The molecule has 0 aliphatic heterocycles. The molecule has 2 aromatic rings. The number of carbonyl (C=O) groups is 2. The Morgan fingerprint density at radius 3 is 2.04 bits per heavy atom. The van der Waals surface area contributed by atoms with Gasteiger partial charge in [0.15, 0.2) is 5.78 Å². The number of Topliss-reactive ketones (excluding diaryl/α,β-unsaturated/α-hetero) is 1. The molecule has 0 saturated carbocycles. The lowest BCUT2D eigenvalue weighted by Crippen LogP contribution is -2.35. The van der Waals surface area contributed by atoms with E-state index in [1.165, 1.54) is 31.4 Å². The summed E-state index contributed by atoms with van der Waals surface area (Å²) in [7, 11) is 2.96. The average molecular weight is 349 g/mol. The van der Waals surface area contributed by atoms with Crippen molar-refractivity contribution in [3.8, 4) is 11.5 Å². The topological polar surface area (TPSA) is 64.6 Å². The van der Waals surface area contributed by atoms with Crippen molar-refractivity contribution < 1.29 is 19.1 Å². The van der Waals surface area contributed by atoms with Gasteiger partial charge in [-0.25, -0.2) is 0 Å². The zero-order valence-electron chi connectivity index (χ0n) is 14.7. The normalized spacial score (nSPS) is 16.0. The number of hydrogen-bond acceptors (Lipinski definition) is 5. The molecule has 26 heavy (non-hydrogen) atoms. The van der Waals surface area contributed by atoms with E-state index in [1.54, 1.807) is 12.1 Å². The number of nitrogens with one attached hydrogen (secondary N) is 1. The highest BCUT2D eigenvalue weighted by molar-refractivity contribution is 6.26. The zero-order chi connectivity index (χ0) is 18.3. The quantitative estimate of drug-likeness (QED) is 0.919. The van der Waals surface area contributed by atoms with Crippen LogP contribution in [0.2, 0.25) is 0 Å². The molecule has 0 bridgehead atoms. The van der Waals surface area contributed by atoms with Gasteiger partial charge in [0.2, 0.25) is 5.78 Å². The van der Waals surface area contributed by atoms with Gasteiger partial charge in [0.25, 0.3) is 0 Å². The molecule has 0 aromatic heterocycles. The first kappa shape index (κ1) is 16.4. The molecule has 0 unspecified atom stereocenters. The second-order valence-corrected chi connectivity index (χ2v) is 6.49. The van der Waals surface area contributed by atoms with Gasteiger partial charge >= 0.3 is 0 Å². The second kappa shape index (κ2) is 6.33. The molecular formula is C21H19NO4. The van der Waals surface area contributed by atoms with Crippen molar-refractivity contribution in [1.29, 1.82) is 0 Å². The molecule has 2 aliphatic carbocycles. The van der Waals surface area contributed by atoms with Crippen LogP contribution in [0.15, 0.2) is 48.2 Å². The Hall–Kier alpha value is -3.08. The fraction of sp³-hybridized carbons (Fsp3) is 0.238. The largest absolute Gasteiger partial charge is 0.496 e. The van der Waals surface area contributed by atoms with Crippen LogP contribution in [-0.2, 0) is 12.8 Å². The van der Waals surface area contributed by atoms with Crippen LogP contribution in [0.3, 0.4) is 0 Å². The smallest absolute Gasteiger partial charge is 0.213 e. The number of ketones is 2. The highest BCUT2D eigenvalue weighted by atomic mass is 16.5. The third-order valence-electron chi connectivity index (χ3n) is 4.97. The van der Waals surface area contributed by atoms with E-state index in [0.717, 1.165) is 12.8 Å². The van der Waals surface area contributed by atoms with Gasteiger partial charge in [-0.2, -0.15) is 0 Å². The minimum absolute atomic E-state index is 0.0913. The van der Waals surface area contributed by atoms with E-state index in [1.807, 2.05) is 12.1 Å². The molecule has 0 amide bonds. The molecule has 0 heterocycles. The molecule has 2 aromatic carbocycles. The lowest BCUT2D eigenvalue weighted by atomic mass is 9.90. The number of rotatable bonds is 4. The molecule has 1 N–H and O–H groups in total. The van der Waals surface area contributed by atoms with Crippen molar-refractivity contribution in [3.63, 3.8) is 0 Å². The highest BCUT2D eigenvalue weighted by Crippen LogP contribution is 2.35. The second-order valence-electron chi connectivity index (χ2n) is 6.49. The number of fused-ring (bicyclic) bond motifs is 2. The van der Waals surface area contributed by atoms with Crippen LogP contribution in [0.1, 0.15) is 31.8 Å². The molecule has 5 heteroatoms. The summed E-state index contributed by atoms with van der Waals surface area (Å²) in [5.74, 6) is 0.253. The van der Waals surface area contributed by atoms with Gasteiger partial charge in [0.1, 0.15) is 11.5 Å². The van der Waals surface area contributed by atoms with E-state index in [-0.39, 0.29) is 28.7 Å². The highest BCUT2D eigenvalue weighted by Gasteiger charge is 2.33. The number of allylic oxidation sites excluding steroid dienone is 2. The Bertz CT molecular complexity index is 920. The van der Waals surface area contributed by atoms with Gasteiger partial charge in [-0.3, -0.25) is 9.59 Å². The van der Waals surface area contributed by atoms with E-state index >= 15 is 0 Å². The molecule has 132 valence electrons. The van der Waals surface area contributed by atoms with Crippen LogP contribution >= 0.6 is 0 Å². The van der Waals surface area contributed by atoms with Crippen LogP contribution in [0.5, 0.6) is 11.5 Å². The first-order chi connectivity index (χ1) is 12.6. The molecule has 0 spiro atoms. The number of benzene rings is 2. The van der Waals surface area contributed by atoms with E-state index in [0.29, 0.717) is 17.2 Å². The Labute approximate surface area is 151 Å². The molecule has 0 saturated heterocycles. The van der Waals surface area contributed by atoms with Crippen molar-refractivity contribution in [2.75, 3.05) is 14.2 Å². The van der Waals surface area contributed by atoms with Crippen LogP contribution in [0, 0.1) is 0 Å². The zero-order valence-corrected chi connectivity index (χ0v) is 14.7. The van der Waals surface area contributed by atoms with Gasteiger partial charge in [-0.05, 0) is 36.1 Å². The van der Waals surface area contributed by atoms with Crippen LogP contribution < -0.4 is 14.8 Å². The van der Waals surface area contributed by atoms with Crippen molar-refractivity contribution in [3.05, 3.63) is 70.4 Å². The van der Waals surface area contributed by atoms with Gasteiger partial charge in [0, 0.05) is 12.1 Å². The average Bonchev–Trinajstić information content (AvgIpc) is 3.07. The van der Waals surface area contributed by atoms with Gasteiger partial charge in [-0.15, -0.1) is 0 Å². The number of methoxy groups -OCH3 is 2. The van der Waals surface area contributed by atoms with Gasteiger partial charge in [0.05, 0.1) is 31.0 Å². The summed E-state index contributed by atoms with van der Waals surface area (Å²) in [5.41, 5.74) is 3.39. The lowest BCUT2D eigenvalue weighted by molar-refractivity contribution is 0.0971. The molecule has 0 atom stereocenters. The monoisotopic (exact) mass is 349 g/mol. The van der Waals surface area contributed by atoms with Crippen LogP contribution in [0.4, 0.5) is 0 Å². The minimum Gasteiger partial charge on any atom is -0.496 e. The molecule has 2 aliphatic rings. The van der Waals surface area contributed by atoms with Crippen LogP contribution in [0.25, 0.3) is 0 Å². The Kier molecular flexibility index (Phi) is 3.99. The molecular weight excluding hydrogens is 330 g/mol. The third-order valence-corrected chi connectivity index (χ3v) is 4.97. The van der Waals surface area contributed by atoms with Crippen molar-refractivity contribution >= 4 is 11.6 Å². The molecule has 0 fully saturated rings. The summed E-state index contributed by atoms with van der Waals surface area (Å²) in [5, 5.41) is 3.27. The van der Waals surface area contributed by atoms with Crippen molar-refractivity contribution in [1.82, 2.24) is 5.32 Å². The van der Waals surface area contributed by atoms with Crippen molar-refractivity contribution in [2.45, 2.75) is 18.9 Å². The summed E-state index contributed by atoms with van der Waals surface area (Å²) in [6.45, 7) is 0. The van der Waals surface area contributed by atoms with Crippen molar-refractivity contribution in [2.24, 2.45) is 0 Å². The number of ether oxygens (including phenoxy) is 2. The third kappa shape index (κ3) is 2.56. The van der Waals surface area contributed by atoms with Crippen LogP contribution in [-0.4, -0.2) is 31.8 Å². The van der Waals surface area contributed by atoms with Gasteiger partial charge < -0.3 is 14.8 Å². The summed E-state index contributed by atoms with van der Waals surface area (Å²) >= 11 is 0. The number of hydrogen-bond donors (Lipinski definition) is 1. The van der Waals surface area contributed by atoms with E-state index in [4.69, 9.17) is 9.47 Å². The first-order valence-corrected chi connectivity index (χ1v) is 8.51. The predicted octanol–water partition coefficient (Wildman–Crippen LogP) is 2.72. The summed E-state index contributed by atoms with van der Waals surface area (Å²) in [6, 6.07) is 11.6. The summed E-state index contributed by atoms with van der Waals surface area (Å²) in [4.78, 5) is 25.7. The van der Waals surface area contributed by atoms with E-state index in [9.17, 15) is 9.59 Å².